The summed E-state index contributed by atoms with van der Waals surface area (Å²) in [6.07, 6.45) is 14.5. The van der Waals surface area contributed by atoms with E-state index in [9.17, 15) is 14.4 Å². The molecule has 6 aromatic rings. The van der Waals surface area contributed by atoms with E-state index in [2.05, 4.69) is 50.9 Å². The lowest BCUT2D eigenvalue weighted by Gasteiger charge is -2.08. The van der Waals surface area contributed by atoms with Gasteiger partial charge in [-0.3, -0.25) is 19.4 Å². The number of amides is 3. The molecule has 0 unspecified atom stereocenters. The average Bonchev–Trinajstić information content (AvgIpc) is 3.97. The fourth-order valence-corrected chi connectivity index (χ4v) is 8.05. The minimum absolute atomic E-state index is 0.129. The summed E-state index contributed by atoms with van der Waals surface area (Å²) in [4.78, 5) is 65.8. The van der Waals surface area contributed by atoms with Gasteiger partial charge >= 0.3 is 0 Å². The normalized spacial score (nSPS) is 17.4. The van der Waals surface area contributed by atoms with Crippen molar-refractivity contribution in [3.05, 3.63) is 149 Å². The Kier molecular flexibility index (Phi) is 17.6. The van der Waals surface area contributed by atoms with Crippen LogP contribution in [0.25, 0.3) is 0 Å². The van der Waals surface area contributed by atoms with Crippen LogP contribution in [0.5, 0.6) is 0 Å². The number of nitrogens with one attached hydrogen (secondary N) is 3. The van der Waals surface area contributed by atoms with Gasteiger partial charge in [0.1, 0.15) is 37.0 Å². The van der Waals surface area contributed by atoms with E-state index in [4.69, 9.17) is 40.2 Å². The van der Waals surface area contributed by atoms with Gasteiger partial charge in [-0.05, 0) is 111 Å². The van der Waals surface area contributed by atoms with Crippen LogP contribution >= 0.6 is 0 Å². The molecule has 3 aromatic carbocycles. The Morgan fingerprint density at radius 1 is 0.554 bits per heavy atom. The number of aliphatic imine (C=N–C) groups is 3. The summed E-state index contributed by atoms with van der Waals surface area (Å²) in [6, 6.07) is 24.5. The molecular weight excluding hydrogens is 947 g/mol. The third-order valence-electron chi connectivity index (χ3n) is 12.3. The number of amidine groups is 3. The summed E-state index contributed by atoms with van der Waals surface area (Å²) >= 11 is 0. The van der Waals surface area contributed by atoms with Crippen molar-refractivity contribution in [3.8, 4) is 0 Å². The number of hydrogen-bond acceptors (Lipinski definition) is 18. The first-order valence-corrected chi connectivity index (χ1v) is 24.7. The van der Waals surface area contributed by atoms with Crippen LogP contribution in [-0.2, 0) is 46.3 Å². The zero-order valence-corrected chi connectivity index (χ0v) is 41.4. The van der Waals surface area contributed by atoms with Gasteiger partial charge in [-0.15, -0.1) is 0 Å². The first-order chi connectivity index (χ1) is 36.0. The maximum Gasteiger partial charge on any atom is 0.282 e. The molecular formula is C53H61N13O8. The molecule has 3 atom stereocenters. The number of carbonyl (C=O) groups excluding carboxylic acids is 3. The van der Waals surface area contributed by atoms with Crippen molar-refractivity contribution in [1.29, 1.82) is 0 Å². The number of aromatic nitrogens is 4. The summed E-state index contributed by atoms with van der Waals surface area (Å²) in [5.74, 6) is 0.887. The maximum absolute atomic E-state index is 12.4. The van der Waals surface area contributed by atoms with Crippen molar-refractivity contribution in [2.24, 2.45) is 32.2 Å². The molecule has 0 spiro atoms. The first kappa shape index (κ1) is 51.7. The van der Waals surface area contributed by atoms with E-state index in [0.29, 0.717) is 60.8 Å². The topological polar surface area (TPSA) is 308 Å². The molecule has 6 heterocycles. The van der Waals surface area contributed by atoms with E-state index in [-0.39, 0.29) is 53.9 Å². The molecule has 3 aromatic heterocycles. The molecule has 1 saturated carbocycles. The van der Waals surface area contributed by atoms with Crippen LogP contribution in [0, 0.1) is 0 Å². The summed E-state index contributed by atoms with van der Waals surface area (Å²) in [5, 5.41) is 8.55. The van der Waals surface area contributed by atoms with Crippen LogP contribution in [0.2, 0.25) is 0 Å². The van der Waals surface area contributed by atoms with Gasteiger partial charge in [0.2, 0.25) is 0 Å². The van der Waals surface area contributed by atoms with Crippen molar-refractivity contribution in [2.75, 3.05) is 35.8 Å². The molecule has 21 nitrogen and oxygen atoms in total. The van der Waals surface area contributed by atoms with Crippen molar-refractivity contribution in [3.63, 3.8) is 0 Å². The molecule has 0 radical (unpaired) electrons. The second kappa shape index (κ2) is 25.2. The number of hydrogen-bond donors (Lipinski definition) is 6. The highest BCUT2D eigenvalue weighted by Crippen LogP contribution is 2.41. The number of rotatable bonds is 18. The molecule has 3 aliphatic heterocycles. The number of benzene rings is 3. The number of nitrogens with zero attached hydrogens (tertiary/aromatic N) is 7. The monoisotopic (exact) mass is 1010 g/mol. The average molecular weight is 1010 g/mol. The Morgan fingerprint density at radius 3 is 1.41 bits per heavy atom. The molecule has 0 bridgehead atoms. The van der Waals surface area contributed by atoms with Gasteiger partial charge in [0.05, 0.1) is 30.0 Å². The quantitative estimate of drug-likeness (QED) is 0.0534. The highest BCUT2D eigenvalue weighted by Gasteiger charge is 2.32. The van der Waals surface area contributed by atoms with Gasteiger partial charge in [0, 0.05) is 35.6 Å². The van der Waals surface area contributed by atoms with E-state index in [0.717, 1.165) is 80.5 Å². The molecule has 386 valence electrons. The lowest BCUT2D eigenvalue weighted by Crippen LogP contribution is -2.15. The van der Waals surface area contributed by atoms with Gasteiger partial charge in [-0.25, -0.2) is 29.9 Å². The second-order valence-corrected chi connectivity index (χ2v) is 17.9. The van der Waals surface area contributed by atoms with E-state index in [1.807, 2.05) is 86.6 Å². The molecule has 3 amide bonds. The molecule has 1 fully saturated rings. The Bertz CT molecular complexity index is 2930. The smallest absolute Gasteiger partial charge is 0.282 e. The minimum atomic E-state index is -0.263. The van der Waals surface area contributed by atoms with E-state index >= 15 is 0 Å². The predicted octanol–water partition coefficient (Wildman–Crippen LogP) is 6.52. The van der Waals surface area contributed by atoms with Crippen molar-refractivity contribution >= 4 is 52.8 Å². The number of carbonyl (C=O) groups is 3. The number of nitrogens with two attached hydrogens (primary N) is 3. The second-order valence-electron chi connectivity index (χ2n) is 17.9. The first-order valence-electron chi connectivity index (χ1n) is 24.7. The van der Waals surface area contributed by atoms with E-state index in [1.54, 1.807) is 6.20 Å². The minimum Gasteiger partial charge on any atom is -0.463 e. The summed E-state index contributed by atoms with van der Waals surface area (Å²) in [6.45, 7) is 5.55. The van der Waals surface area contributed by atoms with E-state index in [1.165, 1.54) is 35.7 Å². The molecule has 74 heavy (non-hydrogen) atoms. The Labute approximate surface area is 427 Å². The predicted molar refractivity (Wildman–Crippen MR) is 278 cm³/mol. The van der Waals surface area contributed by atoms with Crippen molar-refractivity contribution in [1.82, 2.24) is 19.9 Å². The lowest BCUT2D eigenvalue weighted by molar-refractivity contribution is 0.101. The zero-order chi connectivity index (χ0) is 51.8. The van der Waals surface area contributed by atoms with Crippen LogP contribution in [0.15, 0.2) is 122 Å². The van der Waals surface area contributed by atoms with Gasteiger partial charge in [-0.1, -0.05) is 50.2 Å². The standard InChI is InChI=1S/C18H21N5O2.C18H20N4O3.C17H20N4O3/c1-2-13-9-20-10-16(21-13)17(24)22-14-6-3-12(4-7-14)5-8-15-11-25-18(19)23-15;19-18-22-14(9-24-18)8-3-11-1-6-13(7-2-11)21-17(23)15-16(12-4-5-12)25-10-20-15;1-2-14-15(19-10-24-14)16(22)20-12-6-3-11(4-7-12)5-8-13-9-23-17(18)21-13/h3-4,6-7,9-10,15H,2,5,8,11H2,1H3,(H2,19,23)(H,22,24);1-2,6-7,10,12,14H,3-5,8-9H2,(H2,19,22)(H,21,23);3-4,6-7,10,13H,2,5,8-9H2,1H3,(H2,18,21)(H,20,22)/t15-;14-;13-/m000/s1. The highest BCUT2D eigenvalue weighted by atomic mass is 16.5. The number of ether oxygens (including phenoxy) is 3. The number of oxazole rings is 2. The van der Waals surface area contributed by atoms with Crippen LogP contribution in [-0.4, -0.2) is 93.7 Å². The summed E-state index contributed by atoms with van der Waals surface area (Å²) in [5.41, 5.74) is 24.1. The SMILES string of the molecule is CCc1cncc(C(=O)Nc2ccc(CC[C@H]3COC(N)=N3)cc2)n1.CCc1ocnc1C(=O)Nc1ccc(CC[C@H]2COC(N)=N2)cc1.NC1=N[C@@H](CCc2ccc(NC(=O)c3ncoc3C3CC3)cc2)CO1. The Morgan fingerprint density at radius 2 is 0.986 bits per heavy atom. The Balaban J connectivity index is 0.000000148. The van der Waals surface area contributed by atoms with Gasteiger partial charge in [0.25, 0.3) is 35.8 Å². The van der Waals surface area contributed by atoms with Crippen molar-refractivity contribution < 1.29 is 37.4 Å². The fourth-order valence-electron chi connectivity index (χ4n) is 8.05. The lowest BCUT2D eigenvalue weighted by atomic mass is 10.1. The van der Waals surface area contributed by atoms with Crippen LogP contribution in [0.1, 0.15) is 117 Å². The highest BCUT2D eigenvalue weighted by molar-refractivity contribution is 6.04. The van der Waals surface area contributed by atoms with Crippen LogP contribution < -0.4 is 33.2 Å². The molecule has 21 heteroatoms. The van der Waals surface area contributed by atoms with Gasteiger partial charge < -0.3 is 56.2 Å². The zero-order valence-electron chi connectivity index (χ0n) is 41.4. The molecule has 1 aliphatic carbocycles. The van der Waals surface area contributed by atoms with Crippen LogP contribution in [0.4, 0.5) is 17.1 Å². The van der Waals surface area contributed by atoms with Gasteiger partial charge in [0.15, 0.2) is 24.2 Å². The molecule has 4 aliphatic rings. The Hall–Kier alpha value is -8.62. The number of anilines is 3. The molecule has 10 rings (SSSR count). The number of aryl methyl sites for hydroxylation is 5. The third-order valence-corrected chi connectivity index (χ3v) is 12.3. The van der Waals surface area contributed by atoms with Crippen LogP contribution in [0.3, 0.4) is 0 Å². The molecule has 9 N–H and O–H groups in total. The third kappa shape index (κ3) is 15.0. The largest absolute Gasteiger partial charge is 0.463 e. The fraction of sp³-hybridized carbons (Fsp3) is 0.358. The maximum atomic E-state index is 12.4. The van der Waals surface area contributed by atoms with Crippen molar-refractivity contribution in [2.45, 2.75) is 102 Å². The summed E-state index contributed by atoms with van der Waals surface area (Å²) < 4.78 is 26.0. The van der Waals surface area contributed by atoms with Gasteiger partial charge in [-0.2, -0.15) is 0 Å². The van der Waals surface area contributed by atoms with E-state index < -0.39 is 0 Å². The summed E-state index contributed by atoms with van der Waals surface area (Å²) in [7, 11) is 0. The molecule has 0 saturated heterocycles.